The summed E-state index contributed by atoms with van der Waals surface area (Å²) in [5.74, 6) is -0.540. The van der Waals surface area contributed by atoms with Gasteiger partial charge in [-0.1, -0.05) is 0 Å². The van der Waals surface area contributed by atoms with Crippen molar-refractivity contribution in [3.05, 3.63) is 83.9 Å². The van der Waals surface area contributed by atoms with E-state index >= 15 is 0 Å². The average Bonchev–Trinajstić information content (AvgIpc) is 2.88. The van der Waals surface area contributed by atoms with E-state index < -0.39 is 0 Å². The van der Waals surface area contributed by atoms with Crippen LogP contribution in [0.25, 0.3) is 21.5 Å². The number of rotatable bonds is 4. The van der Waals surface area contributed by atoms with Gasteiger partial charge in [-0.05, 0) is 83.7 Å². The Labute approximate surface area is 230 Å². The van der Waals surface area contributed by atoms with Crippen molar-refractivity contribution < 1.29 is 8.78 Å². The number of aromatic nitrogens is 2. The average molecular weight is 553 g/mol. The number of nitrogens with one attached hydrogen (secondary N) is 2. The maximum Gasteiger partial charge on any atom is 0.189 e. The van der Waals surface area contributed by atoms with Crippen LogP contribution in [-0.2, 0) is 0 Å². The molecule has 2 aromatic heterocycles. The molecule has 0 aliphatic heterocycles. The van der Waals surface area contributed by atoms with Crippen LogP contribution in [0.3, 0.4) is 0 Å². The van der Waals surface area contributed by atoms with Gasteiger partial charge in [-0.15, -0.1) is 0 Å². The number of nitrogens with zero attached hydrogens (tertiary/aromatic N) is 6. The normalized spacial score (nSPS) is 10.9. The van der Waals surface area contributed by atoms with Gasteiger partial charge in [0, 0.05) is 51.4 Å². The first-order valence-corrected chi connectivity index (χ1v) is 12.1. The molecule has 0 spiro atoms. The van der Waals surface area contributed by atoms with Gasteiger partial charge < -0.3 is 9.80 Å². The standard InChI is InChI=1S/2C13H13FN4S/c2*1-18(2)13(19)17-16-8-12-11-4-3-10(14)7-9(11)5-6-15-12/h2*3-8H,1-2H3,(H,17,19)/b16-8+;16-8-. The molecule has 0 saturated carbocycles. The highest BCUT2D eigenvalue weighted by atomic mass is 32.1. The van der Waals surface area contributed by atoms with E-state index in [0.717, 1.165) is 21.5 Å². The molecule has 2 N–H and O–H groups in total. The number of hydrogen-bond acceptors (Lipinski definition) is 6. The fourth-order valence-corrected chi connectivity index (χ4v) is 3.15. The minimum atomic E-state index is -0.270. The molecular formula is C26H26F2N8S2. The smallest absolute Gasteiger partial charge is 0.189 e. The molecule has 2 heterocycles. The van der Waals surface area contributed by atoms with Crippen LogP contribution in [0.4, 0.5) is 8.78 Å². The molecule has 0 atom stereocenters. The highest BCUT2D eigenvalue weighted by Gasteiger charge is 2.03. The molecule has 0 aliphatic carbocycles. The highest BCUT2D eigenvalue weighted by Crippen LogP contribution is 2.17. The number of fused-ring (bicyclic) bond motifs is 2. The lowest BCUT2D eigenvalue weighted by atomic mass is 10.1. The third kappa shape index (κ3) is 7.92. The first-order chi connectivity index (χ1) is 18.2. The van der Waals surface area contributed by atoms with Crippen molar-refractivity contribution in [3.63, 3.8) is 0 Å². The lowest BCUT2D eigenvalue weighted by Crippen LogP contribution is -2.30. The zero-order valence-electron chi connectivity index (χ0n) is 21.2. The van der Waals surface area contributed by atoms with E-state index in [1.807, 2.05) is 28.2 Å². The van der Waals surface area contributed by atoms with Gasteiger partial charge in [0.15, 0.2) is 10.2 Å². The molecule has 38 heavy (non-hydrogen) atoms. The molecule has 0 fully saturated rings. The van der Waals surface area contributed by atoms with E-state index in [-0.39, 0.29) is 11.6 Å². The highest BCUT2D eigenvalue weighted by molar-refractivity contribution is 7.80. The number of halogens is 2. The van der Waals surface area contributed by atoms with Gasteiger partial charge >= 0.3 is 0 Å². The Balaban J connectivity index is 0.000000211. The van der Waals surface area contributed by atoms with Crippen molar-refractivity contribution in [1.29, 1.82) is 0 Å². The molecule has 2 aromatic carbocycles. The molecule has 4 rings (SSSR count). The van der Waals surface area contributed by atoms with Gasteiger partial charge in [-0.25, -0.2) is 8.78 Å². The van der Waals surface area contributed by atoms with Crippen LogP contribution in [0, 0.1) is 11.6 Å². The number of benzene rings is 2. The fourth-order valence-electron chi connectivity index (χ4n) is 3.05. The van der Waals surface area contributed by atoms with Crippen molar-refractivity contribution in [1.82, 2.24) is 30.6 Å². The van der Waals surface area contributed by atoms with Crippen molar-refractivity contribution in [2.45, 2.75) is 0 Å². The molecular weight excluding hydrogens is 526 g/mol. The monoisotopic (exact) mass is 552 g/mol. The minimum absolute atomic E-state index is 0.270. The van der Waals surface area contributed by atoms with E-state index in [4.69, 9.17) is 24.4 Å². The van der Waals surface area contributed by atoms with Crippen molar-refractivity contribution in [2.24, 2.45) is 10.2 Å². The summed E-state index contributed by atoms with van der Waals surface area (Å²) < 4.78 is 26.3. The Morgan fingerprint density at radius 1 is 0.711 bits per heavy atom. The van der Waals surface area contributed by atoms with Crippen molar-refractivity contribution in [3.8, 4) is 0 Å². The van der Waals surface area contributed by atoms with E-state index in [0.29, 0.717) is 21.6 Å². The number of pyridine rings is 2. The van der Waals surface area contributed by atoms with Gasteiger partial charge in [0.05, 0.1) is 23.8 Å². The van der Waals surface area contributed by atoms with Crippen LogP contribution < -0.4 is 10.9 Å². The first-order valence-electron chi connectivity index (χ1n) is 11.2. The van der Waals surface area contributed by atoms with E-state index in [1.165, 1.54) is 24.3 Å². The number of hydrazone groups is 2. The second kappa shape index (κ2) is 13.4. The van der Waals surface area contributed by atoms with E-state index in [2.05, 4.69) is 31.0 Å². The predicted molar refractivity (Wildman–Crippen MR) is 157 cm³/mol. The maximum atomic E-state index is 13.1. The third-order valence-electron chi connectivity index (χ3n) is 5.02. The zero-order valence-corrected chi connectivity index (χ0v) is 22.8. The Morgan fingerprint density at radius 3 is 1.47 bits per heavy atom. The quantitative estimate of drug-likeness (QED) is 0.221. The van der Waals surface area contributed by atoms with Gasteiger partial charge in [0.25, 0.3) is 0 Å². The van der Waals surface area contributed by atoms with E-state index in [9.17, 15) is 8.78 Å². The van der Waals surface area contributed by atoms with Gasteiger partial charge in [0.1, 0.15) is 11.6 Å². The minimum Gasteiger partial charge on any atom is -0.354 e. The third-order valence-corrected chi connectivity index (χ3v) is 5.93. The molecule has 0 bridgehead atoms. The maximum absolute atomic E-state index is 13.1. The van der Waals surface area contributed by atoms with Crippen molar-refractivity contribution in [2.75, 3.05) is 28.2 Å². The summed E-state index contributed by atoms with van der Waals surface area (Å²) in [7, 11) is 7.29. The second-order valence-corrected chi connectivity index (χ2v) is 9.04. The summed E-state index contributed by atoms with van der Waals surface area (Å²) in [6, 6.07) is 12.6. The van der Waals surface area contributed by atoms with Crippen molar-refractivity contribution >= 4 is 68.6 Å². The largest absolute Gasteiger partial charge is 0.354 e. The Bertz CT molecular complexity index is 1390. The lowest BCUT2D eigenvalue weighted by Gasteiger charge is -2.11. The van der Waals surface area contributed by atoms with Gasteiger partial charge in [0.2, 0.25) is 0 Å². The van der Waals surface area contributed by atoms with Crippen LogP contribution in [0.2, 0.25) is 0 Å². The summed E-state index contributed by atoms with van der Waals surface area (Å²) >= 11 is 10.1. The Hall–Kier alpha value is -4.16. The molecule has 0 amide bonds. The summed E-state index contributed by atoms with van der Waals surface area (Å²) in [6.45, 7) is 0. The summed E-state index contributed by atoms with van der Waals surface area (Å²) in [5.41, 5.74) is 6.76. The molecule has 0 unspecified atom stereocenters. The Kier molecular flexibility index (Phi) is 10.0. The molecule has 8 nitrogen and oxygen atoms in total. The van der Waals surface area contributed by atoms with Crippen LogP contribution in [0.1, 0.15) is 11.4 Å². The van der Waals surface area contributed by atoms with Gasteiger partial charge in [-0.2, -0.15) is 10.2 Å². The molecule has 196 valence electrons. The number of thiocarbonyl (C=S) groups is 2. The topological polar surface area (TPSA) is 81.0 Å². The summed E-state index contributed by atoms with van der Waals surface area (Å²) in [4.78, 5) is 11.9. The lowest BCUT2D eigenvalue weighted by molar-refractivity contribution is 0.606. The molecule has 0 saturated heterocycles. The van der Waals surface area contributed by atoms with Crippen LogP contribution in [0.15, 0.2) is 71.1 Å². The Morgan fingerprint density at radius 2 is 1.11 bits per heavy atom. The molecule has 0 aliphatic rings. The fraction of sp³-hybridized carbons (Fsp3) is 0.154. The molecule has 12 heteroatoms. The van der Waals surface area contributed by atoms with Crippen LogP contribution >= 0.6 is 24.4 Å². The summed E-state index contributed by atoms with van der Waals surface area (Å²) in [5, 5.41) is 12.3. The molecule has 0 radical (unpaired) electrons. The second-order valence-electron chi connectivity index (χ2n) is 8.26. The molecule has 4 aromatic rings. The zero-order chi connectivity index (χ0) is 27.7. The number of hydrogen-bond donors (Lipinski definition) is 2. The van der Waals surface area contributed by atoms with Crippen LogP contribution in [-0.4, -0.2) is 70.6 Å². The SMILES string of the molecule is CN(C)C(=S)N/N=C/c1nccc2cc(F)ccc12.CN(C)C(=S)N/N=C\c1nccc2cc(F)ccc12. The van der Waals surface area contributed by atoms with E-state index in [1.54, 1.807) is 58.9 Å². The summed E-state index contributed by atoms with van der Waals surface area (Å²) in [6.07, 6.45) is 6.37. The van der Waals surface area contributed by atoms with Gasteiger partial charge in [-0.3, -0.25) is 20.8 Å². The first kappa shape index (κ1) is 28.4. The van der Waals surface area contributed by atoms with Crippen LogP contribution in [0.5, 0.6) is 0 Å². The predicted octanol–water partition coefficient (Wildman–Crippen LogP) is 4.29.